The third-order valence-electron chi connectivity index (χ3n) is 14.0. The molecular weight excluding hydrogens is 839 g/mol. The molecule has 68 heavy (non-hydrogen) atoms. The van der Waals surface area contributed by atoms with E-state index >= 15 is 0 Å². The topological polar surface area (TPSA) is 95.9 Å². The van der Waals surface area contributed by atoms with Gasteiger partial charge in [0, 0.05) is 6.42 Å². The Kier molecular flexibility index (Phi) is 54.4. The molecule has 0 aromatic rings. The van der Waals surface area contributed by atoms with Crippen LogP contribution in [0.15, 0.2) is 36.5 Å². The Morgan fingerprint density at radius 3 is 1.21 bits per heavy atom. The van der Waals surface area contributed by atoms with Crippen molar-refractivity contribution in [3.63, 3.8) is 0 Å². The normalized spacial score (nSPS) is 13.3. The second-order valence-electron chi connectivity index (χ2n) is 20.7. The van der Waals surface area contributed by atoms with Crippen molar-refractivity contribution in [3.8, 4) is 0 Å². The minimum Gasteiger partial charge on any atom is -0.462 e. The Labute approximate surface area is 424 Å². The maximum Gasteiger partial charge on any atom is 0.306 e. The van der Waals surface area contributed by atoms with Crippen molar-refractivity contribution in [1.29, 1.82) is 0 Å². The average Bonchev–Trinajstić information content (AvgIpc) is 3.33. The fourth-order valence-electron chi connectivity index (χ4n) is 9.45. The summed E-state index contributed by atoms with van der Waals surface area (Å²) in [5.74, 6) is -0.469. The first-order chi connectivity index (χ1) is 33.5. The fraction of sp³-hybridized carbons (Fsp3) is 0.871. The number of aliphatic hydroxyl groups excluding tert-OH is 2. The van der Waals surface area contributed by atoms with Gasteiger partial charge in [0.15, 0.2) is 0 Å². The highest BCUT2D eigenvalue weighted by atomic mass is 16.5. The molecule has 0 bridgehead atoms. The van der Waals surface area contributed by atoms with Crippen LogP contribution >= 0.6 is 0 Å². The summed E-state index contributed by atoms with van der Waals surface area (Å²) in [6, 6.07) is -0.702. The Morgan fingerprint density at radius 1 is 0.441 bits per heavy atom. The number of carbonyl (C=O) groups is 2. The van der Waals surface area contributed by atoms with Gasteiger partial charge >= 0.3 is 5.97 Å². The molecule has 3 unspecified atom stereocenters. The van der Waals surface area contributed by atoms with Gasteiger partial charge in [-0.15, -0.1) is 0 Å². The van der Waals surface area contributed by atoms with E-state index in [1.165, 1.54) is 205 Å². The molecule has 0 spiro atoms. The quantitative estimate of drug-likeness (QED) is 0.0321. The summed E-state index contributed by atoms with van der Waals surface area (Å²) < 4.78 is 5.97. The van der Waals surface area contributed by atoms with Crippen molar-refractivity contribution >= 4 is 11.9 Å². The number of hydrogen-bond donors (Lipinski definition) is 3. The van der Waals surface area contributed by atoms with Crippen molar-refractivity contribution < 1.29 is 24.5 Å². The summed E-state index contributed by atoms with van der Waals surface area (Å²) in [5.41, 5.74) is 0. The van der Waals surface area contributed by atoms with Crippen LogP contribution in [0.3, 0.4) is 0 Å². The smallest absolute Gasteiger partial charge is 0.306 e. The van der Waals surface area contributed by atoms with Crippen LogP contribution in [0.4, 0.5) is 0 Å². The number of unbranched alkanes of at least 4 members (excludes halogenated alkanes) is 37. The lowest BCUT2D eigenvalue weighted by molar-refractivity contribution is -0.151. The van der Waals surface area contributed by atoms with Gasteiger partial charge in [-0.1, -0.05) is 288 Å². The van der Waals surface area contributed by atoms with Gasteiger partial charge in [0.2, 0.25) is 5.91 Å². The molecule has 0 radical (unpaired) electrons. The van der Waals surface area contributed by atoms with Crippen LogP contribution in [0.2, 0.25) is 0 Å². The molecule has 0 aliphatic rings. The Hall–Kier alpha value is -1.92. The van der Waals surface area contributed by atoms with Crippen LogP contribution in [0.25, 0.3) is 0 Å². The standard InChI is InChI=1S/C62H117NO5/c1-4-7-10-13-16-19-22-25-28-31-33-36-39-42-45-48-51-54-60(65)59(57-64)63-61(66)56-58(53-50-47-44-41-38-35-32-29-26-23-20-17-14-11-8-5-2)68-62(67)55-52-49-46-43-40-37-34-30-27-24-21-18-15-12-9-6-3/h9,12,18,21,27,30,58-60,64-65H,4-8,10-11,13-17,19-20,22-26,28-29,31-57H2,1-3H3,(H,63,66)/b12-9+,21-18+,30-27+. The molecule has 0 aliphatic heterocycles. The Bertz CT molecular complexity index is 1120. The number of ether oxygens (including phenoxy) is 1. The van der Waals surface area contributed by atoms with Gasteiger partial charge in [0.1, 0.15) is 6.10 Å². The molecule has 3 atom stereocenters. The molecule has 0 aromatic heterocycles. The zero-order valence-electron chi connectivity index (χ0n) is 45.8. The number of carbonyl (C=O) groups excluding carboxylic acids is 2. The highest BCUT2D eigenvalue weighted by Crippen LogP contribution is 2.19. The molecule has 6 nitrogen and oxygen atoms in total. The van der Waals surface area contributed by atoms with Gasteiger partial charge in [-0.3, -0.25) is 9.59 Å². The monoisotopic (exact) mass is 956 g/mol. The molecule has 0 aliphatic carbocycles. The lowest BCUT2D eigenvalue weighted by Crippen LogP contribution is -2.46. The highest BCUT2D eigenvalue weighted by molar-refractivity contribution is 5.77. The van der Waals surface area contributed by atoms with Crippen molar-refractivity contribution in [2.45, 2.75) is 341 Å². The van der Waals surface area contributed by atoms with Gasteiger partial charge in [0.05, 0.1) is 25.2 Å². The van der Waals surface area contributed by atoms with Gasteiger partial charge in [-0.05, 0) is 57.8 Å². The SMILES string of the molecule is CC/C=C/C/C=C/C/C=C/CCCCCCCCC(=O)OC(CCCCCCCCCCCCCCCCCC)CC(=O)NC(CO)C(O)CCCCCCCCCCCCCCCCCCC. The van der Waals surface area contributed by atoms with E-state index in [0.717, 1.165) is 70.6 Å². The molecule has 0 saturated heterocycles. The first-order valence-corrected chi connectivity index (χ1v) is 30.2. The number of aliphatic hydroxyl groups is 2. The second-order valence-corrected chi connectivity index (χ2v) is 20.7. The first-order valence-electron chi connectivity index (χ1n) is 30.2. The number of allylic oxidation sites excluding steroid dienone is 6. The molecule has 0 fully saturated rings. The molecular formula is C62H117NO5. The van der Waals surface area contributed by atoms with Gasteiger partial charge in [0.25, 0.3) is 0 Å². The average molecular weight is 957 g/mol. The maximum absolute atomic E-state index is 13.3. The third kappa shape index (κ3) is 50.5. The van der Waals surface area contributed by atoms with Gasteiger partial charge in [-0.2, -0.15) is 0 Å². The largest absolute Gasteiger partial charge is 0.462 e. The molecule has 3 N–H and O–H groups in total. The van der Waals surface area contributed by atoms with Crippen LogP contribution in [0.1, 0.15) is 323 Å². The predicted molar refractivity (Wildman–Crippen MR) is 296 cm³/mol. The fourth-order valence-corrected chi connectivity index (χ4v) is 9.45. The lowest BCUT2D eigenvalue weighted by atomic mass is 10.0. The molecule has 400 valence electrons. The van der Waals surface area contributed by atoms with Crippen LogP contribution in [0, 0.1) is 0 Å². The second kappa shape index (κ2) is 56.0. The van der Waals surface area contributed by atoms with Crippen molar-refractivity contribution in [3.05, 3.63) is 36.5 Å². The minimum absolute atomic E-state index is 0.0772. The zero-order valence-corrected chi connectivity index (χ0v) is 45.8. The molecule has 0 aromatic carbocycles. The number of esters is 1. The van der Waals surface area contributed by atoms with Gasteiger partial charge < -0.3 is 20.3 Å². The molecule has 0 rings (SSSR count). The van der Waals surface area contributed by atoms with E-state index < -0.39 is 18.2 Å². The minimum atomic E-state index is -0.788. The number of hydrogen-bond acceptors (Lipinski definition) is 5. The van der Waals surface area contributed by atoms with E-state index in [1.54, 1.807) is 0 Å². The summed E-state index contributed by atoms with van der Waals surface area (Å²) in [5, 5.41) is 23.9. The van der Waals surface area contributed by atoms with Crippen LogP contribution in [-0.2, 0) is 14.3 Å². The van der Waals surface area contributed by atoms with Crippen LogP contribution < -0.4 is 5.32 Å². The lowest BCUT2D eigenvalue weighted by Gasteiger charge is -2.24. The van der Waals surface area contributed by atoms with E-state index in [4.69, 9.17) is 4.74 Å². The highest BCUT2D eigenvalue weighted by Gasteiger charge is 2.24. The molecule has 1 amide bonds. The maximum atomic E-state index is 13.3. The summed E-state index contributed by atoms with van der Waals surface area (Å²) in [7, 11) is 0. The van der Waals surface area contributed by atoms with E-state index in [2.05, 4.69) is 62.5 Å². The molecule has 0 saturated carbocycles. The number of amides is 1. The number of nitrogens with one attached hydrogen (secondary N) is 1. The summed E-state index contributed by atoms with van der Waals surface area (Å²) in [4.78, 5) is 26.3. The van der Waals surface area contributed by atoms with Gasteiger partial charge in [-0.25, -0.2) is 0 Å². The summed E-state index contributed by atoms with van der Waals surface area (Å²) >= 11 is 0. The van der Waals surface area contributed by atoms with Crippen molar-refractivity contribution in [2.75, 3.05) is 6.61 Å². The van der Waals surface area contributed by atoms with Crippen LogP contribution in [0.5, 0.6) is 0 Å². The Balaban J connectivity index is 4.52. The molecule has 0 heterocycles. The van der Waals surface area contributed by atoms with E-state index in [0.29, 0.717) is 19.3 Å². The third-order valence-corrected chi connectivity index (χ3v) is 14.0. The summed E-state index contributed by atoms with van der Waals surface area (Å²) in [6.07, 6.45) is 67.8. The van der Waals surface area contributed by atoms with Crippen LogP contribution in [-0.4, -0.2) is 46.9 Å². The number of rotatable bonds is 55. The summed E-state index contributed by atoms with van der Waals surface area (Å²) in [6.45, 7) is 6.42. The Morgan fingerprint density at radius 2 is 0.794 bits per heavy atom. The van der Waals surface area contributed by atoms with Crippen molar-refractivity contribution in [1.82, 2.24) is 5.32 Å². The molecule has 6 heteroatoms. The first kappa shape index (κ1) is 66.1. The zero-order chi connectivity index (χ0) is 49.5. The van der Waals surface area contributed by atoms with E-state index in [1.807, 2.05) is 0 Å². The predicted octanol–water partition coefficient (Wildman–Crippen LogP) is 18.8. The van der Waals surface area contributed by atoms with E-state index in [9.17, 15) is 19.8 Å². The van der Waals surface area contributed by atoms with E-state index in [-0.39, 0.29) is 24.9 Å². The van der Waals surface area contributed by atoms with Crippen molar-refractivity contribution in [2.24, 2.45) is 0 Å².